The highest BCUT2D eigenvalue weighted by molar-refractivity contribution is 7.94. The fourth-order valence-corrected chi connectivity index (χ4v) is 7.68. The number of nitrogens with zero attached hydrogens (tertiary/aromatic N) is 6. The minimum atomic E-state index is -5.07. The molecule has 6 N–H and O–H groups in total. The molecule has 0 bridgehead atoms. The summed E-state index contributed by atoms with van der Waals surface area (Å²) < 4.78 is 95.8. The Kier molecular flexibility index (Phi) is 13.0. The third-order valence-corrected chi connectivity index (χ3v) is 11.3. The molecule has 53 heavy (non-hydrogen) atoms. The zero-order valence-corrected chi connectivity index (χ0v) is 30.7. The van der Waals surface area contributed by atoms with Gasteiger partial charge in [0.05, 0.1) is 60.0 Å². The van der Waals surface area contributed by atoms with E-state index < -0.39 is 74.2 Å². The van der Waals surface area contributed by atoms with Crippen LogP contribution in [0.15, 0.2) is 89.7 Å². The number of rotatable bonds is 16. The summed E-state index contributed by atoms with van der Waals surface area (Å²) in [6.45, 7) is -0.160. The smallest absolute Gasteiger partial charge is 0.296 e. The maximum absolute atomic E-state index is 12.8. The van der Waals surface area contributed by atoms with Crippen molar-refractivity contribution in [3.8, 4) is 5.75 Å². The van der Waals surface area contributed by atoms with Crippen LogP contribution in [0.2, 0.25) is 5.02 Å². The topological polar surface area (TPSA) is 324 Å². The van der Waals surface area contributed by atoms with Gasteiger partial charge in [0.25, 0.3) is 25.9 Å². The van der Waals surface area contributed by atoms with Gasteiger partial charge in [0, 0.05) is 25.2 Å². The Morgan fingerprint density at radius 2 is 1.57 bits per heavy atom. The first-order chi connectivity index (χ1) is 24.7. The van der Waals surface area contributed by atoms with Crippen molar-refractivity contribution in [2.24, 2.45) is 20.5 Å². The Balaban J connectivity index is 1.73. The lowest BCUT2D eigenvalue weighted by Crippen LogP contribution is -2.30. The highest BCUT2D eigenvalue weighted by Gasteiger charge is 2.26. The van der Waals surface area contributed by atoms with Crippen LogP contribution in [0.3, 0.4) is 0 Å². The third kappa shape index (κ3) is 10.6. The lowest BCUT2D eigenvalue weighted by molar-refractivity contribution is -0.432. The number of hydrogen-bond acceptors (Lipinski definition) is 19. The van der Waals surface area contributed by atoms with Crippen molar-refractivity contribution < 1.29 is 59.0 Å². The van der Waals surface area contributed by atoms with E-state index in [0.29, 0.717) is 0 Å². The average molecular weight is 836 g/mol. The molecule has 0 atom stereocenters. The lowest BCUT2D eigenvalue weighted by Gasteiger charge is -2.15. The maximum Gasteiger partial charge on any atom is 0.296 e. The minimum Gasteiger partial charge on any atom is -0.505 e. The van der Waals surface area contributed by atoms with E-state index in [9.17, 15) is 45.0 Å². The van der Waals surface area contributed by atoms with Gasteiger partial charge < -0.3 is 15.7 Å². The van der Waals surface area contributed by atoms with E-state index in [2.05, 4.69) is 29.8 Å². The predicted molar refractivity (Wildman–Crippen MR) is 189 cm³/mol. The molecule has 0 fully saturated rings. The molecule has 4 rings (SSSR count). The molecular weight excluding hydrogens is 810 g/mol. The largest absolute Gasteiger partial charge is 0.505 e. The number of nitro groups is 1. The first-order valence-corrected chi connectivity index (χ1v) is 20.0. The Morgan fingerprint density at radius 1 is 0.925 bits per heavy atom. The van der Waals surface area contributed by atoms with E-state index >= 15 is 0 Å². The molecule has 0 heterocycles. The number of fused-ring (bicyclic) bond motifs is 1. The van der Waals surface area contributed by atoms with E-state index in [1.54, 1.807) is 0 Å². The number of phenols is 1. The van der Waals surface area contributed by atoms with Gasteiger partial charge in [-0.05, 0) is 54.9 Å². The standard InChI is InChI=1S/C27H26ClN7O14S4/c1-34(9-11-52(42,43)44)8-10-51(40,41)18-5-2-16(3-6-18)30-33-26-22(53(45,46)47)13-15-12-21(50-49-48-39)25(27(36)23(15)24(26)29)32-31-20-7-4-17(35(37)38)14-19(20)28/h2-7,12-14,36,39H,8-11,29H2,1H3,(H,42,43,44)(H,45,46,47). The zero-order chi connectivity index (χ0) is 39.3. The second kappa shape index (κ2) is 16.7. The number of phenolic OH excluding ortho intramolecular Hbond substituents is 1. The van der Waals surface area contributed by atoms with Crippen LogP contribution in [0.4, 0.5) is 34.1 Å². The van der Waals surface area contributed by atoms with Crippen LogP contribution in [0.25, 0.3) is 10.8 Å². The summed E-state index contributed by atoms with van der Waals surface area (Å²) in [6, 6.07) is 10.2. The van der Waals surface area contributed by atoms with E-state index in [1.807, 2.05) is 0 Å². The molecule has 4 aromatic carbocycles. The van der Waals surface area contributed by atoms with Crippen LogP contribution in [-0.2, 0) is 39.4 Å². The highest BCUT2D eigenvalue weighted by Crippen LogP contribution is 2.50. The number of nitro benzene ring substituents is 1. The number of aromatic hydroxyl groups is 1. The molecule has 0 spiro atoms. The van der Waals surface area contributed by atoms with Gasteiger partial charge in [0.2, 0.25) is 0 Å². The van der Waals surface area contributed by atoms with Crippen molar-refractivity contribution in [3.63, 3.8) is 0 Å². The fraction of sp³-hybridized carbons (Fsp3) is 0.185. The molecule has 0 aliphatic rings. The molecule has 26 heteroatoms. The molecule has 0 aliphatic heterocycles. The summed E-state index contributed by atoms with van der Waals surface area (Å²) in [6.07, 6.45) is 0. The first-order valence-electron chi connectivity index (χ1n) is 14.2. The highest BCUT2D eigenvalue weighted by atomic mass is 35.5. The van der Waals surface area contributed by atoms with Crippen molar-refractivity contribution in [2.75, 3.05) is 37.4 Å². The lowest BCUT2D eigenvalue weighted by atomic mass is 10.1. The van der Waals surface area contributed by atoms with Crippen molar-refractivity contribution in [3.05, 3.63) is 69.7 Å². The van der Waals surface area contributed by atoms with Crippen LogP contribution in [0.5, 0.6) is 5.75 Å². The fourth-order valence-electron chi connectivity index (χ4n) is 4.42. The molecule has 21 nitrogen and oxygen atoms in total. The second-order valence-electron chi connectivity index (χ2n) is 10.7. The van der Waals surface area contributed by atoms with Gasteiger partial charge in [-0.3, -0.25) is 19.2 Å². The van der Waals surface area contributed by atoms with E-state index in [-0.39, 0.29) is 67.8 Å². The number of sulfone groups is 1. The summed E-state index contributed by atoms with van der Waals surface area (Å²) in [7, 11) is -11.7. The van der Waals surface area contributed by atoms with Gasteiger partial charge in [-0.15, -0.1) is 19.7 Å². The predicted octanol–water partition coefficient (Wildman–Crippen LogP) is 5.79. The number of non-ortho nitro benzene ring substituents is 1. The average Bonchev–Trinajstić information content (AvgIpc) is 3.07. The number of anilines is 1. The van der Waals surface area contributed by atoms with Gasteiger partial charge in [0.1, 0.15) is 22.0 Å². The summed E-state index contributed by atoms with van der Waals surface area (Å²) in [5, 5.41) is 49.7. The van der Waals surface area contributed by atoms with Crippen LogP contribution < -0.4 is 5.73 Å². The number of nitrogens with two attached hydrogens (primary N) is 1. The number of benzene rings is 4. The zero-order valence-electron chi connectivity index (χ0n) is 26.7. The molecule has 0 unspecified atom stereocenters. The van der Waals surface area contributed by atoms with Gasteiger partial charge in [-0.1, -0.05) is 16.6 Å². The normalized spacial score (nSPS) is 12.8. The van der Waals surface area contributed by atoms with Gasteiger partial charge in [0.15, 0.2) is 15.6 Å². The molecule has 0 aromatic heterocycles. The minimum absolute atomic E-state index is 0.00147. The SMILES string of the molecule is CN(CCS(=O)(=O)O)CCS(=O)(=O)c1ccc(N=Nc2c(S(=O)(=O)O)cc3cc(SOOO)c(N=Nc4ccc([N+](=O)[O-])cc4Cl)c(O)c3c2N)cc1. The van der Waals surface area contributed by atoms with Crippen LogP contribution >= 0.6 is 23.6 Å². The van der Waals surface area contributed by atoms with Crippen LogP contribution in [0.1, 0.15) is 0 Å². The maximum atomic E-state index is 12.8. The van der Waals surface area contributed by atoms with Crippen molar-refractivity contribution >= 4 is 98.6 Å². The Labute approximate surface area is 309 Å². The van der Waals surface area contributed by atoms with Gasteiger partial charge in [-0.25, -0.2) is 13.7 Å². The molecule has 0 aliphatic carbocycles. The van der Waals surface area contributed by atoms with E-state index in [0.717, 1.165) is 18.2 Å². The van der Waals surface area contributed by atoms with Gasteiger partial charge >= 0.3 is 0 Å². The molecule has 4 aromatic rings. The van der Waals surface area contributed by atoms with Crippen molar-refractivity contribution in [2.45, 2.75) is 14.7 Å². The van der Waals surface area contributed by atoms with Crippen molar-refractivity contribution in [1.82, 2.24) is 4.90 Å². The third-order valence-electron chi connectivity index (χ3n) is 7.08. The monoisotopic (exact) mass is 835 g/mol. The Bertz CT molecular complexity index is 2450. The summed E-state index contributed by atoms with van der Waals surface area (Å²) in [5.41, 5.74) is 4.30. The summed E-state index contributed by atoms with van der Waals surface area (Å²) in [5.74, 6) is -1.72. The van der Waals surface area contributed by atoms with Crippen LogP contribution in [-0.4, -0.2) is 86.2 Å². The molecule has 0 radical (unpaired) electrons. The molecule has 0 saturated heterocycles. The van der Waals surface area contributed by atoms with Crippen molar-refractivity contribution in [1.29, 1.82) is 0 Å². The number of halogens is 1. The number of azo groups is 2. The molecular formula is C27H26ClN7O14S4. The summed E-state index contributed by atoms with van der Waals surface area (Å²) >= 11 is 6.37. The van der Waals surface area contributed by atoms with Gasteiger partial charge in [-0.2, -0.15) is 21.9 Å². The first kappa shape index (κ1) is 41.3. The molecule has 284 valence electrons. The molecule has 0 saturated carbocycles. The number of hydrogen-bond donors (Lipinski definition) is 5. The van der Waals surface area contributed by atoms with E-state index in [4.69, 9.17) is 27.1 Å². The summed E-state index contributed by atoms with van der Waals surface area (Å²) in [4.78, 5) is 10.6. The number of nitrogen functional groups attached to an aromatic ring is 1. The quantitative estimate of drug-likeness (QED) is 0.0170. The Morgan fingerprint density at radius 3 is 2.15 bits per heavy atom. The Hall–Kier alpha value is -4.41. The second-order valence-corrected chi connectivity index (χ2v) is 16.9. The van der Waals surface area contributed by atoms with Crippen LogP contribution in [0, 0.1) is 10.1 Å². The van der Waals surface area contributed by atoms with E-state index in [1.165, 1.54) is 48.3 Å². The molecule has 0 amide bonds.